The van der Waals surface area contributed by atoms with Crippen molar-refractivity contribution in [2.24, 2.45) is 0 Å². The molecule has 0 saturated heterocycles. The van der Waals surface area contributed by atoms with Gasteiger partial charge in [-0.2, -0.15) is 0 Å². The number of ether oxygens (including phenoxy) is 2. The molecule has 0 aliphatic heterocycles. The number of hydrogen-bond acceptors (Lipinski definition) is 5. The monoisotopic (exact) mass is 294 g/mol. The van der Waals surface area contributed by atoms with Crippen molar-refractivity contribution in [1.82, 2.24) is 9.55 Å². The minimum Gasteiger partial charge on any atom is -0.464 e. The van der Waals surface area contributed by atoms with Crippen LogP contribution < -0.4 is 0 Å². The predicted molar refractivity (Wildman–Crippen MR) is 75.5 cm³/mol. The molecule has 6 nitrogen and oxygen atoms in total. The van der Waals surface area contributed by atoms with Gasteiger partial charge in [-0.05, 0) is 32.6 Å². The lowest BCUT2D eigenvalue weighted by molar-refractivity contribution is -0.157. The van der Waals surface area contributed by atoms with E-state index in [0.717, 1.165) is 25.7 Å². The lowest BCUT2D eigenvalue weighted by atomic mass is 9.98. The minimum absolute atomic E-state index is 0.00289. The first-order valence-corrected chi connectivity index (χ1v) is 7.54. The van der Waals surface area contributed by atoms with Gasteiger partial charge in [-0.1, -0.05) is 6.42 Å². The van der Waals surface area contributed by atoms with E-state index in [1.165, 1.54) is 12.7 Å². The summed E-state index contributed by atoms with van der Waals surface area (Å²) in [7, 11) is 0. The highest BCUT2D eigenvalue weighted by Crippen LogP contribution is 2.22. The Morgan fingerprint density at radius 2 is 2.10 bits per heavy atom. The highest BCUT2D eigenvalue weighted by molar-refractivity contribution is 5.81. The van der Waals surface area contributed by atoms with Crippen molar-refractivity contribution in [2.45, 2.75) is 57.6 Å². The minimum atomic E-state index is -0.705. The molecule has 6 heteroatoms. The molecule has 1 unspecified atom stereocenters. The van der Waals surface area contributed by atoms with Crippen LogP contribution in [0.15, 0.2) is 18.7 Å². The van der Waals surface area contributed by atoms with Crippen LogP contribution in [0.1, 0.15) is 51.5 Å². The van der Waals surface area contributed by atoms with Crippen LogP contribution in [0.2, 0.25) is 0 Å². The molecular weight excluding hydrogens is 272 g/mol. The second-order valence-corrected chi connectivity index (χ2v) is 5.23. The summed E-state index contributed by atoms with van der Waals surface area (Å²) >= 11 is 0. The van der Waals surface area contributed by atoms with Crippen molar-refractivity contribution >= 4 is 11.9 Å². The van der Waals surface area contributed by atoms with Gasteiger partial charge in [0.15, 0.2) is 0 Å². The van der Waals surface area contributed by atoms with E-state index in [1.807, 2.05) is 0 Å². The van der Waals surface area contributed by atoms with Crippen molar-refractivity contribution in [3.63, 3.8) is 0 Å². The third-order valence-corrected chi connectivity index (χ3v) is 3.65. The van der Waals surface area contributed by atoms with Crippen LogP contribution in [0.25, 0.3) is 0 Å². The van der Waals surface area contributed by atoms with E-state index in [0.29, 0.717) is 0 Å². The van der Waals surface area contributed by atoms with Gasteiger partial charge < -0.3 is 14.0 Å². The van der Waals surface area contributed by atoms with Gasteiger partial charge in [-0.3, -0.25) is 4.79 Å². The summed E-state index contributed by atoms with van der Waals surface area (Å²) in [6.07, 6.45) is 9.93. The van der Waals surface area contributed by atoms with Crippen LogP contribution in [0.5, 0.6) is 0 Å². The summed E-state index contributed by atoms with van der Waals surface area (Å²) in [5.74, 6) is -0.787. The van der Waals surface area contributed by atoms with Crippen molar-refractivity contribution in [1.29, 1.82) is 0 Å². The van der Waals surface area contributed by atoms with Gasteiger partial charge in [0, 0.05) is 12.4 Å². The van der Waals surface area contributed by atoms with Crippen LogP contribution in [-0.2, 0) is 19.1 Å². The van der Waals surface area contributed by atoms with Crippen LogP contribution in [0.3, 0.4) is 0 Å². The van der Waals surface area contributed by atoms with Gasteiger partial charge in [0.2, 0.25) is 0 Å². The molecule has 0 spiro atoms. The fourth-order valence-electron chi connectivity index (χ4n) is 2.58. The Morgan fingerprint density at radius 1 is 1.33 bits per heavy atom. The van der Waals surface area contributed by atoms with E-state index in [1.54, 1.807) is 23.9 Å². The summed E-state index contributed by atoms with van der Waals surface area (Å²) in [4.78, 5) is 28.0. The van der Waals surface area contributed by atoms with Gasteiger partial charge in [0.05, 0.1) is 19.4 Å². The SMILES string of the molecule is CCOC(=O)C(CC(=O)OC1CCCCC1)n1ccnc1. The van der Waals surface area contributed by atoms with E-state index < -0.39 is 12.0 Å². The summed E-state index contributed by atoms with van der Waals surface area (Å²) in [6.45, 7) is 2.02. The molecular formula is C15H22N2O4. The number of aromatic nitrogens is 2. The van der Waals surface area contributed by atoms with Crippen molar-refractivity contribution in [3.8, 4) is 0 Å². The van der Waals surface area contributed by atoms with Crippen LogP contribution in [0.4, 0.5) is 0 Å². The largest absolute Gasteiger partial charge is 0.464 e. The normalized spacial score (nSPS) is 17.2. The first-order chi connectivity index (χ1) is 10.2. The second-order valence-electron chi connectivity index (χ2n) is 5.23. The highest BCUT2D eigenvalue weighted by Gasteiger charge is 2.27. The van der Waals surface area contributed by atoms with E-state index in [9.17, 15) is 9.59 Å². The second kappa shape index (κ2) is 7.81. The molecule has 1 aromatic rings. The Hall–Kier alpha value is -1.85. The molecule has 0 radical (unpaired) electrons. The van der Waals surface area contributed by atoms with Gasteiger partial charge in [0.25, 0.3) is 0 Å². The molecule has 1 aliphatic rings. The Kier molecular flexibility index (Phi) is 5.78. The number of imidazole rings is 1. The lowest BCUT2D eigenvalue weighted by Crippen LogP contribution is -2.27. The first-order valence-electron chi connectivity index (χ1n) is 7.54. The van der Waals surface area contributed by atoms with Gasteiger partial charge in [-0.15, -0.1) is 0 Å². The summed E-state index contributed by atoms with van der Waals surface area (Å²) < 4.78 is 12.1. The Bertz CT molecular complexity index is 452. The highest BCUT2D eigenvalue weighted by atomic mass is 16.5. The molecule has 1 fully saturated rings. The third-order valence-electron chi connectivity index (χ3n) is 3.65. The predicted octanol–water partition coefficient (Wildman–Crippen LogP) is 2.25. The Labute approximate surface area is 124 Å². The molecule has 116 valence electrons. The van der Waals surface area contributed by atoms with Gasteiger partial charge >= 0.3 is 11.9 Å². The molecule has 1 saturated carbocycles. The number of hydrogen-bond donors (Lipinski definition) is 0. The summed E-state index contributed by atoms with van der Waals surface area (Å²) in [6, 6.07) is -0.705. The number of nitrogens with zero attached hydrogens (tertiary/aromatic N) is 2. The fourth-order valence-corrected chi connectivity index (χ4v) is 2.58. The smallest absolute Gasteiger partial charge is 0.329 e. The lowest BCUT2D eigenvalue weighted by Gasteiger charge is -2.23. The fraction of sp³-hybridized carbons (Fsp3) is 0.667. The molecule has 0 bridgehead atoms. The zero-order chi connectivity index (χ0) is 15.1. The molecule has 0 aromatic carbocycles. The van der Waals surface area contributed by atoms with Crippen LogP contribution in [0, 0.1) is 0 Å². The van der Waals surface area contributed by atoms with Gasteiger partial charge in [-0.25, -0.2) is 9.78 Å². The third kappa shape index (κ3) is 4.58. The maximum Gasteiger partial charge on any atom is 0.329 e. The first kappa shape index (κ1) is 15.5. The molecule has 0 N–H and O–H groups in total. The number of carbonyl (C=O) groups excluding carboxylic acids is 2. The van der Waals surface area contributed by atoms with E-state index in [2.05, 4.69) is 4.98 Å². The van der Waals surface area contributed by atoms with Crippen LogP contribution in [-0.4, -0.2) is 34.2 Å². The summed E-state index contributed by atoms with van der Waals surface area (Å²) in [5.41, 5.74) is 0. The molecule has 0 amide bonds. The molecule has 1 heterocycles. The average Bonchev–Trinajstić information content (AvgIpc) is 3.00. The van der Waals surface area contributed by atoms with Crippen molar-refractivity contribution < 1.29 is 19.1 Å². The van der Waals surface area contributed by atoms with E-state index in [4.69, 9.17) is 9.47 Å². The maximum absolute atomic E-state index is 12.1. The van der Waals surface area contributed by atoms with Crippen LogP contribution >= 0.6 is 0 Å². The van der Waals surface area contributed by atoms with E-state index >= 15 is 0 Å². The Balaban J connectivity index is 1.94. The number of rotatable bonds is 6. The topological polar surface area (TPSA) is 70.4 Å². The molecule has 2 rings (SSSR count). The van der Waals surface area contributed by atoms with Crippen molar-refractivity contribution in [2.75, 3.05) is 6.61 Å². The molecule has 1 aromatic heterocycles. The molecule has 1 atom stereocenters. The number of carbonyl (C=O) groups is 2. The maximum atomic E-state index is 12.1. The van der Waals surface area contributed by atoms with E-state index in [-0.39, 0.29) is 25.1 Å². The summed E-state index contributed by atoms with van der Waals surface area (Å²) in [5, 5.41) is 0. The molecule has 21 heavy (non-hydrogen) atoms. The average molecular weight is 294 g/mol. The van der Waals surface area contributed by atoms with Gasteiger partial charge in [0.1, 0.15) is 12.1 Å². The molecule has 1 aliphatic carbocycles. The Morgan fingerprint density at radius 3 is 2.71 bits per heavy atom. The quantitative estimate of drug-likeness (QED) is 0.753. The zero-order valence-electron chi connectivity index (χ0n) is 12.4. The van der Waals surface area contributed by atoms with Crippen molar-refractivity contribution in [3.05, 3.63) is 18.7 Å². The zero-order valence-corrected chi connectivity index (χ0v) is 12.4. The number of esters is 2. The standard InChI is InChI=1S/C15H22N2O4/c1-2-20-15(19)13(17-9-8-16-11-17)10-14(18)21-12-6-4-3-5-7-12/h8-9,11-13H,2-7,10H2,1H3.